The van der Waals surface area contributed by atoms with Gasteiger partial charge in [0.1, 0.15) is 0 Å². The number of nitrogens with zero attached hydrogens (tertiary/aromatic N) is 3. The number of hydrogen-bond acceptors (Lipinski definition) is 4. The van der Waals surface area contributed by atoms with Crippen molar-refractivity contribution < 1.29 is 8.42 Å². The monoisotopic (exact) mass is 381 g/mol. The quantitative estimate of drug-likeness (QED) is 0.617. The maximum absolute atomic E-state index is 11.8. The first-order valence-electron chi connectivity index (χ1n) is 9.47. The third-order valence-electron chi connectivity index (χ3n) is 4.63. The van der Waals surface area contributed by atoms with E-state index in [1.165, 1.54) is 19.9 Å². The third-order valence-corrected chi connectivity index (χ3v) is 5.79. The molecule has 0 amide bonds. The Bertz CT molecular complexity index is 727. The number of aromatic nitrogens is 2. The Hall–Kier alpha value is -1.43. The standard InChI is InChI=1S/C20H35N3O2S/c1-9-10-15(4)13-16(5)11-12-18-17(6)21-20(22-19(18)14(2)3)23(7)26(8,24)25/h11-12,14-16H,9-10,13H2,1-8H3/b12-11+. The second-order valence-electron chi connectivity index (χ2n) is 7.76. The molecule has 0 spiro atoms. The molecule has 0 saturated heterocycles. The lowest BCUT2D eigenvalue weighted by Crippen LogP contribution is -2.27. The number of hydrogen-bond donors (Lipinski definition) is 0. The molecule has 1 rings (SSSR count). The lowest BCUT2D eigenvalue weighted by molar-refractivity contribution is 0.435. The highest BCUT2D eigenvalue weighted by molar-refractivity contribution is 7.92. The molecule has 0 aliphatic rings. The van der Waals surface area contributed by atoms with Crippen LogP contribution in [0.3, 0.4) is 0 Å². The molecule has 0 fully saturated rings. The molecule has 2 unspecified atom stereocenters. The first-order chi connectivity index (χ1) is 12.0. The maximum Gasteiger partial charge on any atom is 0.239 e. The number of aryl methyl sites for hydroxylation is 1. The van der Waals surface area contributed by atoms with Gasteiger partial charge in [-0.25, -0.2) is 22.7 Å². The fourth-order valence-electron chi connectivity index (χ4n) is 3.11. The van der Waals surface area contributed by atoms with Crippen LogP contribution in [-0.2, 0) is 10.0 Å². The van der Waals surface area contributed by atoms with Crippen LogP contribution in [0.1, 0.15) is 76.8 Å². The fraction of sp³-hybridized carbons (Fsp3) is 0.700. The molecule has 1 aromatic rings. The number of rotatable bonds is 9. The zero-order valence-electron chi connectivity index (χ0n) is 17.6. The lowest BCUT2D eigenvalue weighted by atomic mass is 9.92. The summed E-state index contributed by atoms with van der Waals surface area (Å²) in [5.41, 5.74) is 2.69. The molecule has 0 saturated carbocycles. The molecule has 148 valence electrons. The first kappa shape index (κ1) is 22.6. The molecule has 0 aliphatic carbocycles. The van der Waals surface area contributed by atoms with Gasteiger partial charge in [-0.3, -0.25) is 0 Å². The van der Waals surface area contributed by atoms with Crippen molar-refractivity contribution in [2.75, 3.05) is 17.6 Å². The summed E-state index contributed by atoms with van der Waals surface area (Å²) in [6.45, 7) is 12.8. The number of sulfonamides is 1. The van der Waals surface area contributed by atoms with Crippen molar-refractivity contribution >= 4 is 22.0 Å². The van der Waals surface area contributed by atoms with Gasteiger partial charge in [0, 0.05) is 12.6 Å². The second-order valence-corrected chi connectivity index (χ2v) is 9.77. The zero-order chi connectivity index (χ0) is 20.1. The van der Waals surface area contributed by atoms with E-state index < -0.39 is 10.0 Å². The minimum Gasteiger partial charge on any atom is -0.241 e. The van der Waals surface area contributed by atoms with Crippen LogP contribution in [0.5, 0.6) is 0 Å². The predicted molar refractivity (Wildman–Crippen MR) is 111 cm³/mol. The van der Waals surface area contributed by atoms with Gasteiger partial charge in [0.05, 0.1) is 17.6 Å². The molecule has 0 bridgehead atoms. The van der Waals surface area contributed by atoms with E-state index in [-0.39, 0.29) is 11.9 Å². The Morgan fingerprint density at radius 3 is 2.27 bits per heavy atom. The van der Waals surface area contributed by atoms with Crippen molar-refractivity contribution in [2.24, 2.45) is 11.8 Å². The van der Waals surface area contributed by atoms with Gasteiger partial charge in [0.15, 0.2) is 0 Å². The molecule has 6 heteroatoms. The highest BCUT2D eigenvalue weighted by atomic mass is 32.2. The Morgan fingerprint density at radius 1 is 1.15 bits per heavy atom. The first-order valence-corrected chi connectivity index (χ1v) is 11.3. The van der Waals surface area contributed by atoms with E-state index in [1.54, 1.807) is 0 Å². The highest BCUT2D eigenvalue weighted by Gasteiger charge is 2.19. The maximum atomic E-state index is 11.8. The summed E-state index contributed by atoms with van der Waals surface area (Å²) in [5, 5.41) is 0. The Kier molecular flexibility index (Phi) is 8.25. The van der Waals surface area contributed by atoms with Crippen LogP contribution in [0.2, 0.25) is 0 Å². The van der Waals surface area contributed by atoms with E-state index in [0.29, 0.717) is 11.8 Å². The molecule has 1 heterocycles. The summed E-state index contributed by atoms with van der Waals surface area (Å²) in [6.07, 6.45) is 9.13. The average molecular weight is 382 g/mol. The summed E-state index contributed by atoms with van der Waals surface area (Å²) in [6, 6.07) is 0. The molecule has 0 aromatic carbocycles. The molecule has 1 aromatic heterocycles. The number of anilines is 1. The topological polar surface area (TPSA) is 63.2 Å². The molecule has 5 nitrogen and oxygen atoms in total. The van der Waals surface area contributed by atoms with Crippen molar-refractivity contribution in [1.29, 1.82) is 0 Å². The molecular weight excluding hydrogens is 346 g/mol. The average Bonchev–Trinajstić information content (AvgIpc) is 2.51. The predicted octanol–water partition coefficient (Wildman–Crippen LogP) is 4.78. The van der Waals surface area contributed by atoms with Gasteiger partial charge in [-0.15, -0.1) is 0 Å². The second kappa shape index (κ2) is 9.49. The van der Waals surface area contributed by atoms with Gasteiger partial charge in [0.2, 0.25) is 16.0 Å². The Morgan fingerprint density at radius 2 is 1.77 bits per heavy atom. The molecule has 0 radical (unpaired) electrons. The van der Waals surface area contributed by atoms with Gasteiger partial charge in [-0.05, 0) is 31.1 Å². The van der Waals surface area contributed by atoms with Gasteiger partial charge >= 0.3 is 0 Å². The largest absolute Gasteiger partial charge is 0.241 e. The van der Waals surface area contributed by atoms with Crippen LogP contribution < -0.4 is 4.31 Å². The summed E-state index contributed by atoms with van der Waals surface area (Å²) >= 11 is 0. The van der Waals surface area contributed by atoms with E-state index in [4.69, 9.17) is 0 Å². The van der Waals surface area contributed by atoms with E-state index in [2.05, 4.69) is 56.7 Å². The van der Waals surface area contributed by atoms with E-state index in [1.807, 2.05) is 6.92 Å². The van der Waals surface area contributed by atoms with Crippen LogP contribution in [0.15, 0.2) is 6.08 Å². The minimum absolute atomic E-state index is 0.178. The SMILES string of the molecule is CCCC(C)CC(C)/C=C/c1c(C)nc(N(C)S(C)(=O)=O)nc1C(C)C. The van der Waals surface area contributed by atoms with Crippen LogP contribution in [0, 0.1) is 18.8 Å². The zero-order valence-corrected chi connectivity index (χ0v) is 18.4. The Labute approximate surface area is 160 Å². The van der Waals surface area contributed by atoms with Crippen LogP contribution in [-0.4, -0.2) is 31.7 Å². The summed E-state index contributed by atoms with van der Waals surface area (Å²) < 4.78 is 24.8. The smallest absolute Gasteiger partial charge is 0.239 e. The Balaban J connectivity index is 3.17. The van der Waals surface area contributed by atoms with Crippen LogP contribution in [0.4, 0.5) is 5.95 Å². The minimum atomic E-state index is -3.38. The normalized spacial score (nSPS) is 14.8. The molecule has 26 heavy (non-hydrogen) atoms. The summed E-state index contributed by atoms with van der Waals surface area (Å²) in [4.78, 5) is 8.99. The van der Waals surface area contributed by atoms with E-state index >= 15 is 0 Å². The van der Waals surface area contributed by atoms with E-state index in [0.717, 1.165) is 33.9 Å². The van der Waals surface area contributed by atoms with Crippen LogP contribution >= 0.6 is 0 Å². The fourth-order valence-corrected chi connectivity index (χ4v) is 3.49. The molecular formula is C20H35N3O2S. The van der Waals surface area contributed by atoms with Gasteiger partial charge in [-0.1, -0.05) is 59.6 Å². The molecule has 0 N–H and O–H groups in total. The summed E-state index contributed by atoms with van der Waals surface area (Å²) in [5.74, 6) is 1.61. The van der Waals surface area contributed by atoms with Crippen molar-refractivity contribution in [3.05, 3.63) is 23.0 Å². The highest BCUT2D eigenvalue weighted by Crippen LogP contribution is 2.26. The van der Waals surface area contributed by atoms with Gasteiger partial charge in [0.25, 0.3) is 0 Å². The van der Waals surface area contributed by atoms with Crippen molar-refractivity contribution in [3.63, 3.8) is 0 Å². The summed E-state index contributed by atoms with van der Waals surface area (Å²) in [7, 11) is -1.90. The molecule has 2 atom stereocenters. The van der Waals surface area contributed by atoms with Crippen molar-refractivity contribution in [3.8, 4) is 0 Å². The number of allylic oxidation sites excluding steroid dienone is 1. The third kappa shape index (κ3) is 6.38. The van der Waals surface area contributed by atoms with Gasteiger partial charge in [-0.2, -0.15) is 0 Å². The van der Waals surface area contributed by atoms with Gasteiger partial charge < -0.3 is 0 Å². The van der Waals surface area contributed by atoms with E-state index in [9.17, 15) is 8.42 Å². The van der Waals surface area contributed by atoms with Crippen molar-refractivity contribution in [2.45, 2.75) is 66.7 Å². The van der Waals surface area contributed by atoms with Crippen LogP contribution in [0.25, 0.3) is 6.08 Å². The lowest BCUT2D eigenvalue weighted by Gasteiger charge is -2.19. The molecule has 0 aliphatic heterocycles. The van der Waals surface area contributed by atoms with Crippen molar-refractivity contribution in [1.82, 2.24) is 9.97 Å².